The number of nitrogens with one attached hydrogen (secondary N) is 2. The van der Waals surface area contributed by atoms with Crippen LogP contribution >= 0.6 is 0 Å². The van der Waals surface area contributed by atoms with Crippen molar-refractivity contribution in [1.82, 2.24) is 15.1 Å². The van der Waals surface area contributed by atoms with Crippen LogP contribution in [-0.4, -0.2) is 40.5 Å². The Hall–Kier alpha value is -3.62. The lowest BCUT2D eigenvalue weighted by Crippen LogP contribution is -2.35. The summed E-state index contributed by atoms with van der Waals surface area (Å²) in [5, 5.41) is 8.95. The summed E-state index contributed by atoms with van der Waals surface area (Å²) in [4.78, 5) is 25.8. The fraction of sp³-hybridized carbons (Fsp3) is 0.190. The summed E-state index contributed by atoms with van der Waals surface area (Å²) in [5.41, 5.74) is 1.32. The Labute approximate surface area is 170 Å². The molecule has 6 nitrogen and oxygen atoms in total. The number of halogens is 3. The van der Waals surface area contributed by atoms with E-state index in [1.807, 2.05) is 31.2 Å². The molecule has 3 rings (SSSR count). The maximum Gasteiger partial charge on any atom is 0.418 e. The lowest BCUT2D eigenvalue weighted by Gasteiger charge is -2.17. The Morgan fingerprint density at radius 1 is 1.10 bits per heavy atom. The van der Waals surface area contributed by atoms with E-state index in [0.717, 1.165) is 28.2 Å². The third kappa shape index (κ3) is 4.86. The van der Waals surface area contributed by atoms with Crippen molar-refractivity contribution in [2.45, 2.75) is 13.1 Å². The average molecular weight is 416 g/mol. The molecule has 1 aromatic heterocycles. The van der Waals surface area contributed by atoms with Gasteiger partial charge < -0.3 is 10.2 Å². The molecule has 2 N–H and O–H groups in total. The highest BCUT2D eigenvalue weighted by Crippen LogP contribution is 2.34. The van der Waals surface area contributed by atoms with Gasteiger partial charge in [0, 0.05) is 12.6 Å². The molecule has 0 aliphatic carbocycles. The van der Waals surface area contributed by atoms with E-state index in [-0.39, 0.29) is 11.4 Å². The summed E-state index contributed by atoms with van der Waals surface area (Å²) < 4.78 is 39.1. The Morgan fingerprint density at radius 3 is 2.43 bits per heavy atom. The predicted octanol–water partition coefficient (Wildman–Crippen LogP) is 4.11. The molecule has 2 aromatic carbocycles. The van der Waals surface area contributed by atoms with E-state index in [1.165, 1.54) is 19.2 Å². The van der Waals surface area contributed by atoms with Crippen LogP contribution < -0.4 is 5.32 Å². The Morgan fingerprint density at radius 2 is 1.77 bits per heavy atom. The second-order valence-electron chi connectivity index (χ2n) is 6.79. The van der Waals surface area contributed by atoms with Gasteiger partial charge in [-0.15, -0.1) is 0 Å². The van der Waals surface area contributed by atoms with Crippen molar-refractivity contribution in [2.24, 2.45) is 0 Å². The summed E-state index contributed by atoms with van der Waals surface area (Å²) in [6, 6.07) is 13.8. The Kier molecular flexibility index (Phi) is 5.91. The van der Waals surface area contributed by atoms with E-state index < -0.39 is 30.1 Å². The van der Waals surface area contributed by atoms with Gasteiger partial charge in [-0.05, 0) is 25.1 Å². The van der Waals surface area contributed by atoms with Crippen LogP contribution in [0.5, 0.6) is 0 Å². The van der Waals surface area contributed by atoms with Crippen molar-refractivity contribution in [1.29, 1.82) is 0 Å². The minimum Gasteiger partial charge on any atom is -0.331 e. The fourth-order valence-electron chi connectivity index (χ4n) is 2.83. The topological polar surface area (TPSA) is 78.1 Å². The molecule has 0 fully saturated rings. The van der Waals surface area contributed by atoms with Gasteiger partial charge >= 0.3 is 6.18 Å². The minimum atomic E-state index is -4.60. The summed E-state index contributed by atoms with van der Waals surface area (Å²) >= 11 is 0. The lowest BCUT2D eigenvalue weighted by molar-refractivity contribution is -0.137. The van der Waals surface area contributed by atoms with Crippen LogP contribution in [0, 0.1) is 6.92 Å². The number of rotatable bonds is 5. The summed E-state index contributed by atoms with van der Waals surface area (Å²) in [6.45, 7) is 1.53. The zero-order chi connectivity index (χ0) is 21.9. The first-order chi connectivity index (χ1) is 14.1. The molecule has 0 aliphatic heterocycles. The molecule has 156 valence electrons. The molecule has 3 aromatic rings. The molecule has 0 aliphatic rings. The van der Waals surface area contributed by atoms with Gasteiger partial charge in [0.2, 0.25) is 5.91 Å². The van der Waals surface area contributed by atoms with Gasteiger partial charge in [-0.3, -0.25) is 14.7 Å². The number of hydrogen-bond acceptors (Lipinski definition) is 3. The molecule has 1 heterocycles. The number of nitrogens with zero attached hydrogens (tertiary/aromatic N) is 2. The predicted molar refractivity (Wildman–Crippen MR) is 106 cm³/mol. The summed E-state index contributed by atoms with van der Waals surface area (Å²) in [6.07, 6.45) is -4.60. The number of anilines is 1. The largest absolute Gasteiger partial charge is 0.418 e. The van der Waals surface area contributed by atoms with Gasteiger partial charge in [-0.2, -0.15) is 18.3 Å². The lowest BCUT2D eigenvalue weighted by atomic mass is 10.1. The van der Waals surface area contributed by atoms with Crippen molar-refractivity contribution in [2.75, 3.05) is 18.9 Å². The molecule has 0 saturated heterocycles. The first-order valence-electron chi connectivity index (χ1n) is 8.99. The minimum absolute atomic E-state index is 0.163. The number of carbonyl (C=O) groups is 2. The van der Waals surface area contributed by atoms with Crippen LogP contribution in [0.1, 0.15) is 21.6 Å². The van der Waals surface area contributed by atoms with Crippen molar-refractivity contribution in [3.05, 3.63) is 71.4 Å². The number of alkyl halides is 3. The third-order valence-corrected chi connectivity index (χ3v) is 4.39. The number of H-pyrrole nitrogens is 1. The number of hydrogen-bond donors (Lipinski definition) is 2. The van der Waals surface area contributed by atoms with Gasteiger partial charge in [-0.1, -0.05) is 42.0 Å². The van der Waals surface area contributed by atoms with E-state index >= 15 is 0 Å². The number of aromatic nitrogens is 2. The van der Waals surface area contributed by atoms with Crippen LogP contribution in [0.2, 0.25) is 0 Å². The van der Waals surface area contributed by atoms with E-state index in [9.17, 15) is 22.8 Å². The van der Waals surface area contributed by atoms with Gasteiger partial charge in [0.15, 0.2) is 0 Å². The number of likely N-dealkylation sites (N-methyl/N-ethyl adjacent to an activating group) is 1. The standard InChI is InChI=1S/C21H19F3N4O2/c1-13-7-9-14(10-8-13)17-11-18(27-26-17)20(30)28(2)12-19(29)25-16-6-4-3-5-15(16)21(22,23)24/h3-11H,12H2,1-2H3,(H,25,29)(H,26,27). The van der Waals surface area contributed by atoms with Gasteiger partial charge in [0.05, 0.1) is 23.5 Å². The number of carbonyl (C=O) groups excluding carboxylic acids is 2. The van der Waals surface area contributed by atoms with Crippen molar-refractivity contribution in [3.8, 4) is 11.3 Å². The molecular formula is C21H19F3N4O2. The van der Waals surface area contributed by atoms with Crippen LogP contribution in [0.4, 0.5) is 18.9 Å². The molecule has 30 heavy (non-hydrogen) atoms. The monoisotopic (exact) mass is 416 g/mol. The van der Waals surface area contributed by atoms with E-state index in [2.05, 4.69) is 15.5 Å². The van der Waals surface area contributed by atoms with Gasteiger partial charge in [0.1, 0.15) is 5.69 Å². The van der Waals surface area contributed by atoms with Crippen molar-refractivity contribution >= 4 is 17.5 Å². The number of para-hydroxylation sites is 1. The molecule has 9 heteroatoms. The molecule has 0 unspecified atom stereocenters. The SMILES string of the molecule is Cc1ccc(-c2cc(C(=O)N(C)CC(=O)Nc3ccccc3C(F)(F)F)[nH]n2)cc1. The average Bonchev–Trinajstić information content (AvgIpc) is 3.17. The number of aromatic amines is 1. The number of aryl methyl sites for hydroxylation is 1. The normalized spacial score (nSPS) is 11.2. The fourth-order valence-corrected chi connectivity index (χ4v) is 2.83. The third-order valence-electron chi connectivity index (χ3n) is 4.39. The molecule has 0 spiro atoms. The van der Waals surface area contributed by atoms with Crippen LogP contribution in [0.3, 0.4) is 0 Å². The van der Waals surface area contributed by atoms with E-state index in [0.29, 0.717) is 5.69 Å². The molecule has 0 saturated carbocycles. The highest BCUT2D eigenvalue weighted by Gasteiger charge is 2.33. The van der Waals surface area contributed by atoms with Crippen LogP contribution in [0.25, 0.3) is 11.3 Å². The first kappa shape index (κ1) is 21.1. The number of benzene rings is 2. The van der Waals surface area contributed by atoms with E-state index in [4.69, 9.17) is 0 Å². The summed E-state index contributed by atoms with van der Waals surface area (Å²) in [5.74, 6) is -1.26. The zero-order valence-corrected chi connectivity index (χ0v) is 16.2. The smallest absolute Gasteiger partial charge is 0.331 e. The second-order valence-corrected chi connectivity index (χ2v) is 6.79. The molecule has 0 bridgehead atoms. The van der Waals surface area contributed by atoms with Gasteiger partial charge in [0.25, 0.3) is 5.91 Å². The molecule has 0 atom stereocenters. The van der Waals surface area contributed by atoms with Crippen molar-refractivity contribution in [3.63, 3.8) is 0 Å². The number of amides is 2. The Bertz CT molecular complexity index is 1060. The first-order valence-corrected chi connectivity index (χ1v) is 8.99. The highest BCUT2D eigenvalue weighted by atomic mass is 19.4. The second kappa shape index (κ2) is 8.40. The highest BCUT2D eigenvalue weighted by molar-refractivity contribution is 5.99. The summed E-state index contributed by atoms with van der Waals surface area (Å²) in [7, 11) is 1.38. The van der Waals surface area contributed by atoms with Crippen LogP contribution in [0.15, 0.2) is 54.6 Å². The van der Waals surface area contributed by atoms with Crippen LogP contribution in [-0.2, 0) is 11.0 Å². The van der Waals surface area contributed by atoms with Crippen molar-refractivity contribution < 1.29 is 22.8 Å². The molecule has 2 amide bonds. The molecule has 0 radical (unpaired) electrons. The van der Waals surface area contributed by atoms with Gasteiger partial charge in [-0.25, -0.2) is 0 Å². The van der Waals surface area contributed by atoms with E-state index in [1.54, 1.807) is 6.07 Å². The zero-order valence-electron chi connectivity index (χ0n) is 16.2. The Balaban J connectivity index is 1.66. The quantitative estimate of drug-likeness (QED) is 0.657. The maximum atomic E-state index is 13.0. The molecular weight excluding hydrogens is 397 g/mol. The maximum absolute atomic E-state index is 13.0.